The molecule has 3 N–H and O–H groups in total. The van der Waals surface area contributed by atoms with Crippen molar-refractivity contribution in [2.75, 3.05) is 0 Å². The van der Waals surface area contributed by atoms with Crippen LogP contribution < -0.4 is 10.6 Å². The normalized spacial score (nSPS) is 12.7. The molecular weight excluding hydrogens is 443 g/mol. The largest absolute Gasteiger partial charge is 0.480 e. The van der Waals surface area contributed by atoms with E-state index in [-0.39, 0.29) is 18.9 Å². The van der Waals surface area contributed by atoms with Crippen molar-refractivity contribution in [3.63, 3.8) is 0 Å². The molecule has 0 bridgehead atoms. The molecule has 31 heavy (non-hydrogen) atoms. The van der Waals surface area contributed by atoms with Crippen LogP contribution in [0.25, 0.3) is 0 Å². The molecule has 2 amide bonds. The van der Waals surface area contributed by atoms with E-state index in [2.05, 4.69) is 10.6 Å². The summed E-state index contributed by atoms with van der Waals surface area (Å²) < 4.78 is 5.16. The Labute approximate surface area is 190 Å². The van der Waals surface area contributed by atoms with Gasteiger partial charge in [-0.2, -0.15) is 0 Å². The van der Waals surface area contributed by atoms with Crippen LogP contribution in [-0.2, 0) is 27.4 Å². The molecule has 0 saturated carbocycles. The number of halogens is 2. The van der Waals surface area contributed by atoms with E-state index in [0.717, 1.165) is 5.56 Å². The van der Waals surface area contributed by atoms with Gasteiger partial charge < -0.3 is 20.5 Å². The number of carbonyl (C=O) groups excluding carboxylic acids is 2. The van der Waals surface area contributed by atoms with Crippen molar-refractivity contribution < 1.29 is 24.2 Å². The van der Waals surface area contributed by atoms with Gasteiger partial charge in [0, 0.05) is 16.5 Å². The third-order valence-corrected chi connectivity index (χ3v) is 5.08. The number of hydrogen-bond donors (Lipinski definition) is 3. The Balaban J connectivity index is 2.01. The van der Waals surface area contributed by atoms with Crippen molar-refractivity contribution in [1.29, 1.82) is 0 Å². The lowest BCUT2D eigenvalue weighted by Crippen LogP contribution is -2.54. The number of benzene rings is 2. The molecule has 0 spiro atoms. The Morgan fingerprint density at radius 1 is 1.03 bits per heavy atom. The molecule has 0 aliphatic rings. The van der Waals surface area contributed by atoms with Crippen LogP contribution in [-0.4, -0.2) is 35.2 Å². The SMILES string of the molecule is CC(C)[C@H](NC(=O)OCc1ccccc1)C(=O)N[C@@H](Cc1ccc(Cl)cc1Cl)C(=O)O. The Bertz CT molecular complexity index is 921. The third kappa shape index (κ3) is 7.77. The van der Waals surface area contributed by atoms with Crippen LogP contribution in [0.5, 0.6) is 0 Å². The number of carboxylic acid groups (broad SMARTS) is 1. The first kappa shape index (κ1) is 24.5. The van der Waals surface area contributed by atoms with Crippen LogP contribution in [0.3, 0.4) is 0 Å². The molecule has 2 aromatic rings. The van der Waals surface area contributed by atoms with E-state index in [9.17, 15) is 19.5 Å². The van der Waals surface area contributed by atoms with E-state index >= 15 is 0 Å². The molecule has 0 aliphatic heterocycles. The summed E-state index contributed by atoms with van der Waals surface area (Å²) in [5.74, 6) is -2.17. The van der Waals surface area contributed by atoms with Crippen molar-refractivity contribution >= 4 is 41.2 Å². The number of nitrogens with one attached hydrogen (secondary N) is 2. The lowest BCUT2D eigenvalue weighted by Gasteiger charge is -2.24. The first-order valence-corrected chi connectivity index (χ1v) is 10.4. The van der Waals surface area contributed by atoms with Gasteiger partial charge in [-0.25, -0.2) is 9.59 Å². The van der Waals surface area contributed by atoms with Gasteiger partial charge in [0.25, 0.3) is 0 Å². The zero-order valence-corrected chi connectivity index (χ0v) is 18.6. The summed E-state index contributed by atoms with van der Waals surface area (Å²) in [5.41, 5.74) is 1.32. The van der Waals surface area contributed by atoms with Crippen molar-refractivity contribution in [3.8, 4) is 0 Å². The molecule has 9 heteroatoms. The van der Waals surface area contributed by atoms with Gasteiger partial charge in [-0.1, -0.05) is 73.4 Å². The monoisotopic (exact) mass is 466 g/mol. The van der Waals surface area contributed by atoms with E-state index in [1.54, 1.807) is 38.1 Å². The standard InChI is InChI=1S/C22H24Cl2N2O5/c1-13(2)19(26-22(30)31-12-14-6-4-3-5-7-14)20(27)25-18(21(28)29)10-15-8-9-16(23)11-17(15)24/h3-9,11,13,18-19H,10,12H2,1-2H3,(H,25,27)(H,26,30)(H,28,29)/t18-,19-/m0/s1. The number of carboxylic acids is 1. The van der Waals surface area contributed by atoms with E-state index in [1.807, 2.05) is 18.2 Å². The number of aliphatic carboxylic acids is 1. The molecule has 2 rings (SSSR count). The maximum Gasteiger partial charge on any atom is 0.408 e. The lowest BCUT2D eigenvalue weighted by molar-refractivity contribution is -0.142. The minimum absolute atomic E-state index is 0.0413. The summed E-state index contributed by atoms with van der Waals surface area (Å²) in [5, 5.41) is 15.2. The van der Waals surface area contributed by atoms with Gasteiger partial charge in [-0.15, -0.1) is 0 Å². The number of carbonyl (C=O) groups is 3. The quantitative estimate of drug-likeness (QED) is 0.516. The van der Waals surface area contributed by atoms with Crippen LogP contribution in [0, 0.1) is 5.92 Å². The average molecular weight is 467 g/mol. The topological polar surface area (TPSA) is 105 Å². The summed E-state index contributed by atoms with van der Waals surface area (Å²) in [4.78, 5) is 36.6. The number of rotatable bonds is 9. The van der Waals surface area contributed by atoms with Gasteiger partial charge in [0.15, 0.2) is 0 Å². The third-order valence-electron chi connectivity index (χ3n) is 4.49. The fourth-order valence-corrected chi connectivity index (χ4v) is 3.28. The van der Waals surface area contributed by atoms with Gasteiger partial charge in [0.2, 0.25) is 5.91 Å². The number of hydrogen-bond acceptors (Lipinski definition) is 4. The minimum atomic E-state index is -1.24. The summed E-state index contributed by atoms with van der Waals surface area (Å²) in [6.07, 6.45) is -0.814. The highest BCUT2D eigenvalue weighted by molar-refractivity contribution is 6.35. The van der Waals surface area contributed by atoms with Gasteiger partial charge in [0.05, 0.1) is 0 Å². The fraction of sp³-hybridized carbons (Fsp3) is 0.318. The summed E-state index contributed by atoms with van der Waals surface area (Å²) >= 11 is 12.0. The maximum absolute atomic E-state index is 12.7. The van der Waals surface area contributed by atoms with Gasteiger partial charge in [0.1, 0.15) is 18.7 Å². The highest BCUT2D eigenvalue weighted by atomic mass is 35.5. The van der Waals surface area contributed by atoms with Crippen molar-refractivity contribution in [2.24, 2.45) is 5.92 Å². The number of alkyl carbamates (subject to hydrolysis) is 1. The Morgan fingerprint density at radius 2 is 1.71 bits per heavy atom. The molecule has 166 valence electrons. The van der Waals surface area contributed by atoms with Gasteiger partial charge in [-0.05, 0) is 29.2 Å². The van der Waals surface area contributed by atoms with E-state index < -0.39 is 30.1 Å². The van der Waals surface area contributed by atoms with Crippen molar-refractivity contribution in [3.05, 3.63) is 69.7 Å². The summed E-state index contributed by atoms with van der Waals surface area (Å²) in [6.45, 7) is 3.51. The summed E-state index contributed by atoms with van der Waals surface area (Å²) in [6, 6.07) is 11.6. The Hall–Kier alpha value is -2.77. The second-order valence-electron chi connectivity index (χ2n) is 7.27. The van der Waals surface area contributed by atoms with Crippen LogP contribution >= 0.6 is 23.2 Å². The zero-order valence-electron chi connectivity index (χ0n) is 17.1. The first-order valence-electron chi connectivity index (χ1n) is 9.61. The molecule has 0 aromatic heterocycles. The van der Waals surface area contributed by atoms with E-state index in [4.69, 9.17) is 27.9 Å². The van der Waals surface area contributed by atoms with E-state index in [1.165, 1.54) is 6.07 Å². The van der Waals surface area contributed by atoms with Crippen LogP contribution in [0.15, 0.2) is 48.5 Å². The molecule has 7 nitrogen and oxygen atoms in total. The van der Waals surface area contributed by atoms with Gasteiger partial charge >= 0.3 is 12.1 Å². The highest BCUT2D eigenvalue weighted by Gasteiger charge is 2.29. The Kier molecular flexibility index (Phi) is 9.15. The number of ether oxygens (including phenoxy) is 1. The fourth-order valence-electron chi connectivity index (χ4n) is 2.80. The highest BCUT2D eigenvalue weighted by Crippen LogP contribution is 2.22. The molecule has 0 saturated heterocycles. The number of amides is 2. The molecule has 0 unspecified atom stereocenters. The first-order chi connectivity index (χ1) is 14.7. The Morgan fingerprint density at radius 3 is 2.29 bits per heavy atom. The van der Waals surface area contributed by atoms with Gasteiger partial charge in [-0.3, -0.25) is 4.79 Å². The second-order valence-corrected chi connectivity index (χ2v) is 8.11. The van der Waals surface area contributed by atoms with Crippen molar-refractivity contribution in [2.45, 2.75) is 39.0 Å². The molecular formula is C22H24Cl2N2O5. The molecule has 2 aromatic carbocycles. The van der Waals surface area contributed by atoms with E-state index in [0.29, 0.717) is 15.6 Å². The lowest BCUT2D eigenvalue weighted by atomic mass is 10.0. The predicted octanol–water partition coefficient (Wildman–Crippen LogP) is 4.06. The summed E-state index contributed by atoms with van der Waals surface area (Å²) in [7, 11) is 0. The minimum Gasteiger partial charge on any atom is -0.480 e. The molecule has 0 fully saturated rings. The van der Waals surface area contributed by atoms with Crippen molar-refractivity contribution in [1.82, 2.24) is 10.6 Å². The molecule has 2 atom stereocenters. The van der Waals surface area contributed by atoms with Crippen LogP contribution in [0.1, 0.15) is 25.0 Å². The average Bonchev–Trinajstić information content (AvgIpc) is 2.72. The van der Waals surface area contributed by atoms with Crippen LogP contribution in [0.4, 0.5) is 4.79 Å². The molecule has 0 radical (unpaired) electrons. The second kappa shape index (κ2) is 11.6. The molecule has 0 aliphatic carbocycles. The van der Waals surface area contributed by atoms with Crippen LogP contribution in [0.2, 0.25) is 10.0 Å². The molecule has 0 heterocycles. The predicted molar refractivity (Wildman–Crippen MR) is 118 cm³/mol. The maximum atomic E-state index is 12.7. The zero-order chi connectivity index (χ0) is 23.0. The smallest absolute Gasteiger partial charge is 0.408 e.